The zero-order valence-corrected chi connectivity index (χ0v) is 16.7. The van der Waals surface area contributed by atoms with E-state index in [1.165, 1.54) is 38.6 Å². The second-order valence-corrected chi connectivity index (χ2v) is 8.37. The maximum atomic E-state index is 12.8. The summed E-state index contributed by atoms with van der Waals surface area (Å²) in [5.74, 6) is 1.73. The van der Waals surface area contributed by atoms with Crippen molar-refractivity contribution in [3.63, 3.8) is 0 Å². The number of carbonyl (C=O) groups excluding carboxylic acids is 1. The van der Waals surface area contributed by atoms with E-state index in [9.17, 15) is 4.79 Å². The minimum Gasteiger partial charge on any atom is -0.342 e. The molecule has 0 aromatic carbocycles. The Balaban J connectivity index is 1.27. The largest absolute Gasteiger partial charge is 0.342 e. The first-order valence-electron chi connectivity index (χ1n) is 10.9. The van der Waals surface area contributed by atoms with Crippen LogP contribution in [0.15, 0.2) is 6.33 Å². The Morgan fingerprint density at radius 2 is 1.85 bits per heavy atom. The molecule has 1 aromatic rings. The van der Waals surface area contributed by atoms with Crippen molar-refractivity contribution in [1.82, 2.24) is 29.5 Å². The van der Waals surface area contributed by atoms with Crippen LogP contribution in [0.3, 0.4) is 0 Å². The third-order valence-electron chi connectivity index (χ3n) is 6.65. The fourth-order valence-electron chi connectivity index (χ4n) is 5.05. The highest BCUT2D eigenvalue weighted by molar-refractivity contribution is 5.79. The van der Waals surface area contributed by atoms with Crippen LogP contribution in [0.2, 0.25) is 0 Å². The standard InChI is InChI=1S/C20H34N6O/c1-2-26-19(21-16-22-26)15-23-12-7-18(8-13-23)25-11-5-6-17(14-25)20(27)24-9-3-4-10-24/h16-18H,2-15H2,1H3. The summed E-state index contributed by atoms with van der Waals surface area (Å²) in [6.45, 7) is 10.2. The molecule has 1 unspecified atom stereocenters. The van der Waals surface area contributed by atoms with Crippen molar-refractivity contribution >= 4 is 5.91 Å². The number of aromatic nitrogens is 3. The van der Waals surface area contributed by atoms with Crippen LogP contribution in [-0.4, -0.2) is 80.7 Å². The van der Waals surface area contributed by atoms with Crippen LogP contribution in [0.4, 0.5) is 0 Å². The summed E-state index contributed by atoms with van der Waals surface area (Å²) in [5.41, 5.74) is 0. The normalized spacial score (nSPS) is 26.0. The monoisotopic (exact) mass is 374 g/mol. The lowest BCUT2D eigenvalue weighted by atomic mass is 9.93. The molecular weight excluding hydrogens is 340 g/mol. The van der Waals surface area contributed by atoms with E-state index >= 15 is 0 Å². The van der Waals surface area contributed by atoms with Crippen molar-refractivity contribution in [2.45, 2.75) is 64.6 Å². The molecule has 1 atom stereocenters. The average molecular weight is 375 g/mol. The van der Waals surface area contributed by atoms with Gasteiger partial charge in [-0.15, -0.1) is 0 Å². The lowest BCUT2D eigenvalue weighted by Gasteiger charge is -2.42. The highest BCUT2D eigenvalue weighted by atomic mass is 16.2. The van der Waals surface area contributed by atoms with Gasteiger partial charge in [0, 0.05) is 45.3 Å². The van der Waals surface area contributed by atoms with Gasteiger partial charge in [-0.3, -0.25) is 14.6 Å². The molecule has 4 rings (SSSR count). The minimum atomic E-state index is 0.234. The molecule has 7 heteroatoms. The number of likely N-dealkylation sites (tertiary alicyclic amines) is 3. The molecule has 1 aromatic heterocycles. The molecule has 27 heavy (non-hydrogen) atoms. The summed E-state index contributed by atoms with van der Waals surface area (Å²) in [6.07, 6.45) is 8.69. The smallest absolute Gasteiger partial charge is 0.226 e. The van der Waals surface area contributed by atoms with Gasteiger partial charge >= 0.3 is 0 Å². The van der Waals surface area contributed by atoms with E-state index in [2.05, 4.69) is 31.7 Å². The van der Waals surface area contributed by atoms with Crippen molar-refractivity contribution in [3.05, 3.63) is 12.2 Å². The van der Waals surface area contributed by atoms with E-state index in [4.69, 9.17) is 0 Å². The Labute approximate surface area is 162 Å². The van der Waals surface area contributed by atoms with E-state index < -0.39 is 0 Å². The first-order valence-corrected chi connectivity index (χ1v) is 10.9. The lowest BCUT2D eigenvalue weighted by Crippen LogP contribution is -2.51. The number of hydrogen-bond donors (Lipinski definition) is 0. The number of aryl methyl sites for hydroxylation is 1. The van der Waals surface area contributed by atoms with Gasteiger partial charge in [0.2, 0.25) is 5.91 Å². The molecule has 0 bridgehead atoms. The summed E-state index contributed by atoms with van der Waals surface area (Å²) in [4.78, 5) is 24.4. The van der Waals surface area contributed by atoms with Crippen LogP contribution in [0, 0.1) is 5.92 Å². The topological polar surface area (TPSA) is 57.5 Å². The second kappa shape index (κ2) is 8.69. The molecule has 1 amide bonds. The molecule has 3 aliphatic rings. The lowest BCUT2D eigenvalue weighted by molar-refractivity contribution is -0.136. The van der Waals surface area contributed by atoms with E-state index in [0.29, 0.717) is 11.9 Å². The number of rotatable bonds is 5. The van der Waals surface area contributed by atoms with E-state index in [0.717, 1.165) is 58.1 Å². The zero-order chi connectivity index (χ0) is 18.6. The van der Waals surface area contributed by atoms with Gasteiger partial charge in [-0.25, -0.2) is 9.67 Å². The molecule has 0 saturated carbocycles. The highest BCUT2D eigenvalue weighted by Crippen LogP contribution is 2.26. The third-order valence-corrected chi connectivity index (χ3v) is 6.65. The van der Waals surface area contributed by atoms with Gasteiger partial charge in [0.25, 0.3) is 0 Å². The second-order valence-electron chi connectivity index (χ2n) is 8.37. The van der Waals surface area contributed by atoms with Crippen molar-refractivity contribution in [2.75, 3.05) is 39.3 Å². The van der Waals surface area contributed by atoms with Crippen LogP contribution >= 0.6 is 0 Å². The van der Waals surface area contributed by atoms with Crippen molar-refractivity contribution in [3.8, 4) is 0 Å². The fraction of sp³-hybridized carbons (Fsp3) is 0.850. The molecule has 3 aliphatic heterocycles. The van der Waals surface area contributed by atoms with Gasteiger partial charge in [-0.1, -0.05) is 0 Å². The molecule has 3 saturated heterocycles. The average Bonchev–Trinajstić information content (AvgIpc) is 3.40. The molecule has 0 spiro atoms. The Morgan fingerprint density at radius 1 is 1.07 bits per heavy atom. The van der Waals surface area contributed by atoms with Gasteiger partial charge < -0.3 is 4.90 Å². The van der Waals surface area contributed by atoms with Crippen LogP contribution in [0.1, 0.15) is 51.3 Å². The summed E-state index contributed by atoms with van der Waals surface area (Å²) < 4.78 is 1.99. The van der Waals surface area contributed by atoms with Crippen molar-refractivity contribution in [2.24, 2.45) is 5.92 Å². The summed E-state index contributed by atoms with van der Waals surface area (Å²) in [5, 5.41) is 4.28. The van der Waals surface area contributed by atoms with Gasteiger partial charge in [0.05, 0.1) is 12.5 Å². The number of carbonyl (C=O) groups is 1. The van der Waals surface area contributed by atoms with Gasteiger partial charge in [0.1, 0.15) is 12.2 Å². The quantitative estimate of drug-likeness (QED) is 0.783. The number of amides is 1. The SMILES string of the molecule is CCn1ncnc1CN1CCC(N2CCCC(C(=O)N3CCCC3)C2)CC1. The van der Waals surface area contributed by atoms with E-state index in [1.807, 2.05) is 4.68 Å². The molecule has 0 aliphatic carbocycles. The van der Waals surface area contributed by atoms with Gasteiger partial charge in [-0.2, -0.15) is 5.10 Å². The van der Waals surface area contributed by atoms with Crippen LogP contribution in [0.5, 0.6) is 0 Å². The Kier molecular flexibility index (Phi) is 6.08. The highest BCUT2D eigenvalue weighted by Gasteiger charge is 2.34. The molecule has 150 valence electrons. The van der Waals surface area contributed by atoms with E-state index in [1.54, 1.807) is 6.33 Å². The predicted octanol–water partition coefficient (Wildman–Crippen LogP) is 1.60. The zero-order valence-electron chi connectivity index (χ0n) is 16.7. The Bertz CT molecular complexity index is 618. The summed E-state index contributed by atoms with van der Waals surface area (Å²) >= 11 is 0. The molecule has 7 nitrogen and oxygen atoms in total. The van der Waals surface area contributed by atoms with E-state index in [-0.39, 0.29) is 5.92 Å². The molecule has 0 N–H and O–H groups in total. The first kappa shape index (κ1) is 18.9. The Hall–Kier alpha value is -1.47. The number of piperidine rings is 2. The van der Waals surface area contributed by atoms with Crippen LogP contribution in [-0.2, 0) is 17.9 Å². The molecule has 4 heterocycles. The van der Waals surface area contributed by atoms with Crippen LogP contribution < -0.4 is 0 Å². The molecule has 3 fully saturated rings. The summed E-state index contributed by atoms with van der Waals surface area (Å²) in [6, 6.07) is 0.638. The fourth-order valence-corrected chi connectivity index (χ4v) is 5.05. The van der Waals surface area contributed by atoms with Crippen LogP contribution in [0.25, 0.3) is 0 Å². The maximum absolute atomic E-state index is 12.8. The number of hydrogen-bond acceptors (Lipinski definition) is 5. The van der Waals surface area contributed by atoms with Crippen molar-refractivity contribution in [1.29, 1.82) is 0 Å². The first-order chi connectivity index (χ1) is 13.2. The van der Waals surface area contributed by atoms with Gasteiger partial charge in [0.15, 0.2) is 0 Å². The molecular formula is C20H34N6O. The Morgan fingerprint density at radius 3 is 2.59 bits per heavy atom. The predicted molar refractivity (Wildman–Crippen MR) is 104 cm³/mol. The number of nitrogens with zero attached hydrogens (tertiary/aromatic N) is 6. The third kappa shape index (κ3) is 4.35. The maximum Gasteiger partial charge on any atom is 0.226 e. The molecule has 0 radical (unpaired) electrons. The van der Waals surface area contributed by atoms with Gasteiger partial charge in [-0.05, 0) is 52.0 Å². The minimum absolute atomic E-state index is 0.234. The van der Waals surface area contributed by atoms with Crippen molar-refractivity contribution < 1.29 is 4.79 Å². The summed E-state index contributed by atoms with van der Waals surface area (Å²) in [7, 11) is 0.